The van der Waals surface area contributed by atoms with Crippen LogP contribution in [0.15, 0.2) is 36.4 Å². The molecule has 2 aromatic carbocycles. The number of anilines is 1. The van der Waals surface area contributed by atoms with Crippen LogP contribution in [-0.4, -0.2) is 10.8 Å². The summed E-state index contributed by atoms with van der Waals surface area (Å²) < 4.78 is 6.50. The normalized spacial score (nSPS) is 24.4. The highest BCUT2D eigenvalue weighted by Gasteiger charge is 2.48. The highest BCUT2D eigenvalue weighted by atomic mass is 32.1. The molecule has 0 radical (unpaired) electrons. The van der Waals surface area contributed by atoms with E-state index in [4.69, 9.17) is 17.0 Å². The van der Waals surface area contributed by atoms with Crippen LogP contribution >= 0.6 is 12.2 Å². The maximum atomic E-state index is 6.50. The van der Waals surface area contributed by atoms with Crippen LogP contribution in [0.5, 0.6) is 5.75 Å². The summed E-state index contributed by atoms with van der Waals surface area (Å²) in [4.78, 5) is 2.13. The molecular weight excluding hydrogens is 328 g/mol. The second-order valence-corrected chi connectivity index (χ2v) is 7.70. The number of thiocarbonyl (C=S) groups is 1. The van der Waals surface area contributed by atoms with Crippen LogP contribution in [-0.2, 0) is 6.42 Å². The summed E-state index contributed by atoms with van der Waals surface area (Å²) in [5.41, 5.74) is 5.69. The SMILES string of the molecule is CCc1ccc2c(c1)C1CC(C)(O2)N(c2ccc(C)c(C)c2)C(=S)N1. The largest absolute Gasteiger partial charge is 0.467 e. The van der Waals surface area contributed by atoms with Crippen LogP contribution < -0.4 is 15.0 Å². The Morgan fingerprint density at radius 1 is 1.20 bits per heavy atom. The average Bonchev–Trinajstić information content (AvgIpc) is 2.57. The first kappa shape index (κ1) is 16.4. The van der Waals surface area contributed by atoms with E-state index in [9.17, 15) is 0 Å². The summed E-state index contributed by atoms with van der Waals surface area (Å²) in [5.74, 6) is 0.958. The molecular formula is C21H24N2OS. The predicted octanol–water partition coefficient (Wildman–Crippen LogP) is 4.80. The van der Waals surface area contributed by atoms with Gasteiger partial charge in [-0.05, 0) is 74.3 Å². The molecule has 2 aliphatic rings. The number of fused-ring (bicyclic) bond motifs is 4. The number of ether oxygens (including phenoxy) is 1. The van der Waals surface area contributed by atoms with E-state index < -0.39 is 5.72 Å². The molecule has 1 saturated heterocycles. The Hall–Kier alpha value is -2.07. The summed E-state index contributed by atoms with van der Waals surface area (Å²) in [7, 11) is 0. The third-order valence-corrected chi connectivity index (χ3v) is 5.79. The molecule has 2 atom stereocenters. The summed E-state index contributed by atoms with van der Waals surface area (Å²) in [6.45, 7) is 8.57. The minimum Gasteiger partial charge on any atom is -0.467 e. The molecule has 0 aromatic heterocycles. The van der Waals surface area contributed by atoms with Crippen molar-refractivity contribution in [2.24, 2.45) is 0 Å². The summed E-state index contributed by atoms with van der Waals surface area (Å²) in [6.07, 6.45) is 1.89. The van der Waals surface area contributed by atoms with Gasteiger partial charge in [-0.2, -0.15) is 0 Å². The van der Waals surface area contributed by atoms with Crippen molar-refractivity contribution in [1.82, 2.24) is 5.32 Å². The van der Waals surface area contributed by atoms with E-state index in [2.05, 4.69) is 74.3 Å². The first-order chi connectivity index (χ1) is 11.9. The van der Waals surface area contributed by atoms with Crippen LogP contribution in [0.25, 0.3) is 0 Å². The lowest BCUT2D eigenvalue weighted by atomic mass is 9.89. The molecule has 0 spiro atoms. The number of hydrogen-bond acceptors (Lipinski definition) is 2. The van der Waals surface area contributed by atoms with Crippen molar-refractivity contribution in [2.45, 2.75) is 52.3 Å². The van der Waals surface area contributed by atoms with E-state index in [-0.39, 0.29) is 6.04 Å². The van der Waals surface area contributed by atoms with Gasteiger partial charge in [0.25, 0.3) is 0 Å². The van der Waals surface area contributed by atoms with Gasteiger partial charge < -0.3 is 10.1 Å². The molecule has 130 valence electrons. The second-order valence-electron chi connectivity index (χ2n) is 7.31. The number of rotatable bonds is 2. The minimum absolute atomic E-state index is 0.204. The zero-order valence-electron chi connectivity index (χ0n) is 15.2. The molecule has 1 fully saturated rings. The van der Waals surface area contributed by atoms with Gasteiger partial charge in [-0.15, -0.1) is 0 Å². The Morgan fingerprint density at radius 3 is 2.72 bits per heavy atom. The van der Waals surface area contributed by atoms with Crippen molar-refractivity contribution >= 4 is 23.0 Å². The fourth-order valence-corrected chi connectivity index (χ4v) is 4.34. The lowest BCUT2D eigenvalue weighted by Crippen LogP contribution is -2.65. The summed E-state index contributed by atoms with van der Waals surface area (Å²) in [5, 5.41) is 4.27. The monoisotopic (exact) mass is 352 g/mol. The average molecular weight is 353 g/mol. The highest BCUT2D eigenvalue weighted by molar-refractivity contribution is 7.80. The van der Waals surface area contributed by atoms with Crippen LogP contribution in [0.4, 0.5) is 5.69 Å². The van der Waals surface area contributed by atoms with E-state index in [0.29, 0.717) is 0 Å². The first-order valence-corrected chi connectivity index (χ1v) is 9.32. The summed E-state index contributed by atoms with van der Waals surface area (Å²) in [6, 6.07) is 13.2. The Bertz CT molecular complexity index is 863. The first-order valence-electron chi connectivity index (χ1n) is 8.91. The number of benzene rings is 2. The molecule has 2 aliphatic heterocycles. The second kappa shape index (κ2) is 5.73. The van der Waals surface area contributed by atoms with Crippen molar-refractivity contribution in [1.29, 1.82) is 0 Å². The number of nitrogens with zero attached hydrogens (tertiary/aromatic N) is 1. The lowest BCUT2D eigenvalue weighted by molar-refractivity contribution is 0.0497. The van der Waals surface area contributed by atoms with Crippen LogP contribution in [0.2, 0.25) is 0 Å². The maximum Gasteiger partial charge on any atom is 0.188 e. The molecule has 2 aromatic rings. The molecule has 0 aliphatic carbocycles. The van der Waals surface area contributed by atoms with Gasteiger partial charge in [0.1, 0.15) is 5.75 Å². The molecule has 0 amide bonds. The standard InChI is InChI=1S/C21H24N2OS/c1-5-15-7-9-19-17(11-15)18-12-21(4,24-19)23(20(25)22-18)16-8-6-13(2)14(3)10-16/h6-11,18H,5,12H2,1-4H3,(H,22,25). The molecule has 4 rings (SSSR count). The van der Waals surface area contributed by atoms with Crippen molar-refractivity contribution in [3.8, 4) is 5.75 Å². The molecule has 2 unspecified atom stereocenters. The van der Waals surface area contributed by atoms with Gasteiger partial charge in [0.05, 0.1) is 6.04 Å². The van der Waals surface area contributed by atoms with Gasteiger partial charge in [-0.3, -0.25) is 4.90 Å². The van der Waals surface area contributed by atoms with Gasteiger partial charge in [0, 0.05) is 17.7 Å². The zero-order valence-corrected chi connectivity index (χ0v) is 16.0. The molecule has 4 heteroatoms. The Kier molecular flexibility index (Phi) is 3.76. The van der Waals surface area contributed by atoms with Crippen molar-refractivity contribution in [3.05, 3.63) is 58.7 Å². The Balaban J connectivity index is 1.78. The molecule has 3 nitrogen and oxygen atoms in total. The molecule has 25 heavy (non-hydrogen) atoms. The fraction of sp³-hybridized carbons (Fsp3) is 0.381. The van der Waals surface area contributed by atoms with Crippen LogP contribution in [0, 0.1) is 13.8 Å². The van der Waals surface area contributed by atoms with E-state index in [1.54, 1.807) is 0 Å². The molecule has 1 N–H and O–H groups in total. The molecule has 2 bridgehead atoms. The highest BCUT2D eigenvalue weighted by Crippen LogP contribution is 2.46. The molecule has 0 saturated carbocycles. The third-order valence-electron chi connectivity index (χ3n) is 5.49. The van der Waals surface area contributed by atoms with Crippen molar-refractivity contribution < 1.29 is 4.74 Å². The molecule has 2 heterocycles. The topological polar surface area (TPSA) is 24.5 Å². The van der Waals surface area contributed by atoms with E-state index in [1.807, 2.05) is 0 Å². The lowest BCUT2D eigenvalue weighted by Gasteiger charge is -2.52. The maximum absolute atomic E-state index is 6.50. The zero-order chi connectivity index (χ0) is 17.8. The van der Waals surface area contributed by atoms with Crippen molar-refractivity contribution in [2.75, 3.05) is 4.90 Å². The summed E-state index contributed by atoms with van der Waals surface area (Å²) >= 11 is 5.74. The van der Waals surface area contributed by atoms with Gasteiger partial charge >= 0.3 is 0 Å². The Labute approximate surface area is 155 Å². The fourth-order valence-electron chi connectivity index (χ4n) is 3.90. The van der Waals surface area contributed by atoms with Gasteiger partial charge in [-0.1, -0.05) is 25.1 Å². The van der Waals surface area contributed by atoms with Gasteiger partial charge in [-0.25, -0.2) is 0 Å². The van der Waals surface area contributed by atoms with Gasteiger partial charge in [0.2, 0.25) is 0 Å². The quantitative estimate of drug-likeness (QED) is 0.785. The number of nitrogens with one attached hydrogen (secondary N) is 1. The van der Waals surface area contributed by atoms with E-state index in [0.717, 1.165) is 29.4 Å². The van der Waals surface area contributed by atoms with Crippen molar-refractivity contribution in [3.63, 3.8) is 0 Å². The minimum atomic E-state index is -0.477. The predicted molar refractivity (Wildman–Crippen MR) is 106 cm³/mol. The Morgan fingerprint density at radius 2 is 2.00 bits per heavy atom. The van der Waals surface area contributed by atoms with Crippen LogP contribution in [0.1, 0.15) is 48.6 Å². The smallest absolute Gasteiger partial charge is 0.188 e. The van der Waals surface area contributed by atoms with E-state index in [1.165, 1.54) is 22.3 Å². The number of aryl methyl sites for hydroxylation is 3. The third kappa shape index (κ3) is 2.60. The van der Waals surface area contributed by atoms with Gasteiger partial charge in [0.15, 0.2) is 10.8 Å². The number of hydrogen-bond donors (Lipinski definition) is 1. The van der Waals surface area contributed by atoms with Crippen LogP contribution in [0.3, 0.4) is 0 Å². The van der Waals surface area contributed by atoms with E-state index >= 15 is 0 Å².